The lowest BCUT2D eigenvalue weighted by Crippen LogP contribution is -2.36. The van der Waals surface area contributed by atoms with Gasteiger partial charge in [0.25, 0.3) is 0 Å². The lowest BCUT2D eigenvalue weighted by atomic mass is 10.1. The Hall–Kier alpha value is -1.42. The van der Waals surface area contributed by atoms with Gasteiger partial charge in [-0.3, -0.25) is 4.79 Å². The number of rotatable bonds is 7. The molecule has 0 bridgehead atoms. The first-order chi connectivity index (χ1) is 9.00. The predicted molar refractivity (Wildman–Crippen MR) is 75.3 cm³/mol. The summed E-state index contributed by atoms with van der Waals surface area (Å²) >= 11 is 0. The Balaban J connectivity index is 2.32. The zero-order chi connectivity index (χ0) is 14.3. The van der Waals surface area contributed by atoms with Crippen LogP contribution in [0.5, 0.6) is 0 Å². The number of carbonyl (C=O) groups is 1. The van der Waals surface area contributed by atoms with Crippen LogP contribution in [0.3, 0.4) is 0 Å². The third-order valence-electron chi connectivity index (χ3n) is 2.98. The summed E-state index contributed by atoms with van der Waals surface area (Å²) in [5, 5.41) is 5.87. The van der Waals surface area contributed by atoms with Crippen LogP contribution in [0.4, 0.5) is 4.39 Å². The summed E-state index contributed by atoms with van der Waals surface area (Å²) in [4.78, 5) is 11.6. The van der Waals surface area contributed by atoms with E-state index in [9.17, 15) is 9.18 Å². The van der Waals surface area contributed by atoms with Gasteiger partial charge in [-0.2, -0.15) is 0 Å². The van der Waals surface area contributed by atoms with E-state index in [1.165, 1.54) is 6.07 Å². The van der Waals surface area contributed by atoms with Crippen molar-refractivity contribution in [1.29, 1.82) is 0 Å². The Bertz CT molecular complexity index is 407. The third kappa shape index (κ3) is 5.83. The highest BCUT2D eigenvalue weighted by molar-refractivity contribution is 5.77. The maximum atomic E-state index is 13.5. The van der Waals surface area contributed by atoms with E-state index in [2.05, 4.69) is 24.5 Å². The molecule has 1 aromatic rings. The Labute approximate surface area is 114 Å². The van der Waals surface area contributed by atoms with Gasteiger partial charge in [0.2, 0.25) is 5.91 Å². The van der Waals surface area contributed by atoms with Gasteiger partial charge in [-0.15, -0.1) is 0 Å². The fourth-order valence-corrected chi connectivity index (χ4v) is 1.74. The Morgan fingerprint density at radius 2 is 1.95 bits per heavy atom. The SMILES string of the molecule is CC(C)CCNC(=O)CN[C@H](C)c1ccccc1F. The molecule has 1 atom stereocenters. The maximum absolute atomic E-state index is 13.5. The Morgan fingerprint density at radius 1 is 1.26 bits per heavy atom. The molecule has 0 fully saturated rings. The molecular formula is C15H23FN2O. The fourth-order valence-electron chi connectivity index (χ4n) is 1.74. The smallest absolute Gasteiger partial charge is 0.233 e. The fraction of sp³-hybridized carbons (Fsp3) is 0.533. The molecule has 0 aliphatic rings. The van der Waals surface area contributed by atoms with Gasteiger partial charge >= 0.3 is 0 Å². The van der Waals surface area contributed by atoms with E-state index < -0.39 is 0 Å². The van der Waals surface area contributed by atoms with Crippen LogP contribution in [0, 0.1) is 11.7 Å². The Kier molecular flexibility index (Phi) is 6.50. The minimum Gasteiger partial charge on any atom is -0.355 e. The molecule has 1 rings (SSSR count). The standard InChI is InChI=1S/C15H23FN2O/c1-11(2)8-9-17-15(19)10-18-12(3)13-6-4-5-7-14(13)16/h4-7,11-12,18H,8-10H2,1-3H3,(H,17,19)/t12-/m1/s1. The molecule has 19 heavy (non-hydrogen) atoms. The van der Waals surface area contributed by atoms with E-state index in [0.717, 1.165) is 6.42 Å². The number of amides is 1. The van der Waals surface area contributed by atoms with Crippen molar-refractivity contribution in [3.05, 3.63) is 35.6 Å². The van der Waals surface area contributed by atoms with Crippen LogP contribution >= 0.6 is 0 Å². The number of benzene rings is 1. The number of halogens is 1. The predicted octanol–water partition coefficient (Wildman–Crippen LogP) is 2.64. The van der Waals surface area contributed by atoms with E-state index in [4.69, 9.17) is 0 Å². The molecule has 0 saturated heterocycles. The molecule has 4 heteroatoms. The van der Waals surface area contributed by atoms with E-state index >= 15 is 0 Å². The number of nitrogens with one attached hydrogen (secondary N) is 2. The molecule has 106 valence electrons. The maximum Gasteiger partial charge on any atom is 0.233 e. The summed E-state index contributed by atoms with van der Waals surface area (Å²) in [6.07, 6.45) is 0.967. The first kappa shape index (κ1) is 15.6. The monoisotopic (exact) mass is 266 g/mol. The number of hydrogen-bond donors (Lipinski definition) is 2. The van der Waals surface area contributed by atoms with E-state index in [1.807, 2.05) is 6.92 Å². The lowest BCUT2D eigenvalue weighted by Gasteiger charge is -2.15. The van der Waals surface area contributed by atoms with Crippen molar-refractivity contribution in [2.75, 3.05) is 13.1 Å². The largest absolute Gasteiger partial charge is 0.355 e. The number of hydrogen-bond acceptors (Lipinski definition) is 2. The highest BCUT2D eigenvalue weighted by atomic mass is 19.1. The molecular weight excluding hydrogens is 243 g/mol. The van der Waals surface area contributed by atoms with Crippen LogP contribution in [0.2, 0.25) is 0 Å². The van der Waals surface area contributed by atoms with Crippen molar-refractivity contribution in [3.8, 4) is 0 Å². The van der Waals surface area contributed by atoms with Crippen LogP contribution in [0.1, 0.15) is 38.8 Å². The molecule has 0 aliphatic heterocycles. The molecule has 2 N–H and O–H groups in total. The molecule has 1 amide bonds. The topological polar surface area (TPSA) is 41.1 Å². The Morgan fingerprint density at radius 3 is 2.58 bits per heavy atom. The van der Waals surface area contributed by atoms with Crippen LogP contribution in [-0.4, -0.2) is 19.0 Å². The zero-order valence-electron chi connectivity index (χ0n) is 11.9. The van der Waals surface area contributed by atoms with Gasteiger partial charge in [-0.1, -0.05) is 32.0 Å². The first-order valence-corrected chi connectivity index (χ1v) is 6.75. The molecule has 0 saturated carbocycles. The second-order valence-electron chi connectivity index (χ2n) is 5.16. The molecule has 0 radical (unpaired) electrons. The second kappa shape index (κ2) is 7.89. The molecule has 0 heterocycles. The molecule has 3 nitrogen and oxygen atoms in total. The van der Waals surface area contributed by atoms with Gasteiger partial charge in [-0.25, -0.2) is 4.39 Å². The van der Waals surface area contributed by atoms with Crippen molar-refractivity contribution < 1.29 is 9.18 Å². The highest BCUT2D eigenvalue weighted by Crippen LogP contribution is 2.15. The molecule has 0 unspecified atom stereocenters. The van der Waals surface area contributed by atoms with E-state index in [-0.39, 0.29) is 24.3 Å². The van der Waals surface area contributed by atoms with Crippen molar-refractivity contribution in [3.63, 3.8) is 0 Å². The summed E-state index contributed by atoms with van der Waals surface area (Å²) in [6.45, 7) is 6.97. The molecule has 1 aromatic carbocycles. The minimum atomic E-state index is -0.247. The van der Waals surface area contributed by atoms with Crippen molar-refractivity contribution in [1.82, 2.24) is 10.6 Å². The van der Waals surface area contributed by atoms with Gasteiger partial charge in [0.05, 0.1) is 6.54 Å². The van der Waals surface area contributed by atoms with Gasteiger partial charge in [0, 0.05) is 18.2 Å². The zero-order valence-corrected chi connectivity index (χ0v) is 11.9. The van der Waals surface area contributed by atoms with E-state index in [1.54, 1.807) is 18.2 Å². The van der Waals surface area contributed by atoms with Crippen LogP contribution in [0.15, 0.2) is 24.3 Å². The summed E-state index contributed by atoms with van der Waals surface area (Å²) in [5.41, 5.74) is 0.581. The molecule has 0 spiro atoms. The number of carbonyl (C=O) groups excluding carboxylic acids is 1. The molecule has 0 aliphatic carbocycles. The highest BCUT2D eigenvalue weighted by Gasteiger charge is 2.11. The van der Waals surface area contributed by atoms with Gasteiger partial charge in [0.15, 0.2) is 0 Å². The summed E-state index contributed by atoms with van der Waals surface area (Å²) < 4.78 is 13.5. The van der Waals surface area contributed by atoms with Crippen LogP contribution in [-0.2, 0) is 4.79 Å². The van der Waals surface area contributed by atoms with Crippen molar-refractivity contribution in [2.45, 2.75) is 33.2 Å². The van der Waals surface area contributed by atoms with Gasteiger partial charge in [0.1, 0.15) is 5.82 Å². The summed E-state index contributed by atoms with van der Waals surface area (Å²) in [5.74, 6) is 0.275. The lowest BCUT2D eigenvalue weighted by molar-refractivity contribution is -0.120. The van der Waals surface area contributed by atoms with Crippen LogP contribution in [0.25, 0.3) is 0 Å². The van der Waals surface area contributed by atoms with Crippen LogP contribution < -0.4 is 10.6 Å². The third-order valence-corrected chi connectivity index (χ3v) is 2.98. The van der Waals surface area contributed by atoms with Crippen molar-refractivity contribution >= 4 is 5.91 Å². The van der Waals surface area contributed by atoms with Gasteiger partial charge in [-0.05, 0) is 25.3 Å². The average molecular weight is 266 g/mol. The van der Waals surface area contributed by atoms with Crippen molar-refractivity contribution in [2.24, 2.45) is 5.92 Å². The first-order valence-electron chi connectivity index (χ1n) is 6.75. The summed E-state index contributed by atoms with van der Waals surface area (Å²) in [6, 6.07) is 6.42. The minimum absolute atomic E-state index is 0.0520. The average Bonchev–Trinajstić information content (AvgIpc) is 2.36. The van der Waals surface area contributed by atoms with E-state index in [0.29, 0.717) is 18.0 Å². The normalized spacial score (nSPS) is 12.5. The molecule has 0 aromatic heterocycles. The second-order valence-corrected chi connectivity index (χ2v) is 5.16. The quantitative estimate of drug-likeness (QED) is 0.796. The van der Waals surface area contributed by atoms with Gasteiger partial charge < -0.3 is 10.6 Å². The summed E-state index contributed by atoms with van der Waals surface area (Å²) in [7, 11) is 0.